The van der Waals surface area contributed by atoms with E-state index in [2.05, 4.69) is 21.2 Å². The van der Waals surface area contributed by atoms with Crippen molar-refractivity contribution < 1.29 is 18.3 Å². The third-order valence-electron chi connectivity index (χ3n) is 3.34. The molecule has 110 valence electrons. The van der Waals surface area contributed by atoms with E-state index in [4.69, 9.17) is 4.74 Å². The Balaban J connectivity index is 1.87. The smallest absolute Gasteiger partial charge is 0.224 e. The fraction of sp³-hybridized carbons (Fsp3) is 0.500. The van der Waals surface area contributed by atoms with Gasteiger partial charge in [0.15, 0.2) is 11.6 Å². The topological polar surface area (TPSA) is 38.3 Å². The number of nitrogens with one attached hydrogen (secondary N) is 1. The van der Waals surface area contributed by atoms with E-state index in [1.165, 1.54) is 0 Å². The summed E-state index contributed by atoms with van der Waals surface area (Å²) in [5.74, 6) is -1.71. The maximum Gasteiger partial charge on any atom is 0.224 e. The molecule has 0 atom stereocenters. The second kappa shape index (κ2) is 6.63. The molecule has 1 amide bonds. The first-order chi connectivity index (χ1) is 9.49. The molecule has 0 aromatic heterocycles. The lowest BCUT2D eigenvalue weighted by Crippen LogP contribution is -2.34. The summed E-state index contributed by atoms with van der Waals surface area (Å²) in [6.07, 6.45) is 2.14. The molecule has 0 spiro atoms. The van der Waals surface area contributed by atoms with Crippen LogP contribution in [0.5, 0.6) is 0 Å². The minimum atomic E-state index is -0.786. The molecule has 0 heterocycles. The highest BCUT2D eigenvalue weighted by Gasteiger charge is 2.31. The van der Waals surface area contributed by atoms with Gasteiger partial charge in [-0.15, -0.1) is 0 Å². The summed E-state index contributed by atoms with van der Waals surface area (Å²) in [7, 11) is 0. The number of benzene rings is 1. The summed E-state index contributed by atoms with van der Waals surface area (Å²) in [6.45, 7) is 2.60. The molecular formula is C14H16BrF2NO2. The predicted molar refractivity (Wildman–Crippen MR) is 75.4 cm³/mol. The second-order valence-electron chi connectivity index (χ2n) is 4.91. The van der Waals surface area contributed by atoms with Crippen LogP contribution in [0.1, 0.15) is 26.2 Å². The van der Waals surface area contributed by atoms with Gasteiger partial charge in [-0.1, -0.05) is 15.9 Å². The van der Waals surface area contributed by atoms with Crippen LogP contribution in [0.15, 0.2) is 16.6 Å². The van der Waals surface area contributed by atoms with Crippen molar-refractivity contribution in [1.29, 1.82) is 0 Å². The molecule has 0 aliphatic heterocycles. The highest BCUT2D eigenvalue weighted by Crippen LogP contribution is 2.33. The van der Waals surface area contributed by atoms with Crippen LogP contribution in [-0.4, -0.2) is 18.6 Å². The minimum absolute atomic E-state index is 0.221. The van der Waals surface area contributed by atoms with E-state index >= 15 is 0 Å². The zero-order valence-electron chi connectivity index (χ0n) is 11.1. The van der Waals surface area contributed by atoms with E-state index in [0.29, 0.717) is 11.1 Å². The number of hydrogen-bond acceptors (Lipinski definition) is 2. The molecule has 20 heavy (non-hydrogen) atoms. The first-order valence-corrected chi connectivity index (χ1v) is 7.35. The fourth-order valence-corrected chi connectivity index (χ4v) is 2.73. The Bertz CT molecular complexity index is 481. The lowest BCUT2D eigenvalue weighted by Gasteiger charge is -2.34. The Labute approximate surface area is 124 Å². The van der Waals surface area contributed by atoms with Gasteiger partial charge in [0.2, 0.25) is 5.91 Å². The van der Waals surface area contributed by atoms with Gasteiger partial charge in [-0.25, -0.2) is 8.78 Å². The maximum absolute atomic E-state index is 13.6. The molecule has 0 saturated heterocycles. The molecule has 1 N–H and O–H groups in total. The summed E-state index contributed by atoms with van der Waals surface area (Å²) in [4.78, 5) is 11.8. The Hall–Kier alpha value is -1.01. The molecular weight excluding hydrogens is 332 g/mol. The van der Waals surface area contributed by atoms with Crippen molar-refractivity contribution in [2.75, 3.05) is 11.9 Å². The molecule has 1 aliphatic carbocycles. The van der Waals surface area contributed by atoms with Crippen LogP contribution >= 0.6 is 15.9 Å². The van der Waals surface area contributed by atoms with Crippen LogP contribution in [0.3, 0.4) is 0 Å². The number of ether oxygens (including phenoxy) is 1. The Morgan fingerprint density at radius 2 is 2.00 bits per heavy atom. The van der Waals surface area contributed by atoms with Gasteiger partial charge in [-0.3, -0.25) is 4.79 Å². The van der Waals surface area contributed by atoms with Crippen LogP contribution in [0.25, 0.3) is 0 Å². The third-order valence-corrected chi connectivity index (χ3v) is 3.80. The first kappa shape index (κ1) is 15.4. The Morgan fingerprint density at radius 1 is 1.40 bits per heavy atom. The van der Waals surface area contributed by atoms with E-state index in [-0.39, 0.29) is 30.0 Å². The van der Waals surface area contributed by atoms with Gasteiger partial charge in [0, 0.05) is 17.5 Å². The number of amides is 1. The van der Waals surface area contributed by atoms with E-state index < -0.39 is 11.6 Å². The van der Waals surface area contributed by atoms with Crippen molar-refractivity contribution in [2.45, 2.75) is 32.3 Å². The number of anilines is 1. The van der Waals surface area contributed by atoms with Gasteiger partial charge in [0.25, 0.3) is 0 Å². The van der Waals surface area contributed by atoms with Gasteiger partial charge in [0.05, 0.1) is 6.10 Å². The lowest BCUT2D eigenvalue weighted by molar-refractivity contribution is -0.119. The van der Waals surface area contributed by atoms with Crippen molar-refractivity contribution in [3.63, 3.8) is 0 Å². The van der Waals surface area contributed by atoms with Crippen molar-refractivity contribution in [2.24, 2.45) is 5.92 Å². The SMILES string of the molecule is CCOC1CC(CC(=O)Nc2c(F)cc(Br)cc2F)C1. The van der Waals surface area contributed by atoms with Crippen LogP contribution in [-0.2, 0) is 9.53 Å². The fourth-order valence-electron chi connectivity index (χ4n) is 2.33. The third kappa shape index (κ3) is 3.76. The Morgan fingerprint density at radius 3 is 2.55 bits per heavy atom. The summed E-state index contributed by atoms with van der Waals surface area (Å²) >= 11 is 2.99. The minimum Gasteiger partial charge on any atom is -0.378 e. The van der Waals surface area contributed by atoms with Crippen molar-refractivity contribution >= 4 is 27.5 Å². The molecule has 1 aliphatic rings. The molecule has 1 saturated carbocycles. The zero-order chi connectivity index (χ0) is 14.7. The number of carbonyl (C=O) groups is 1. The van der Waals surface area contributed by atoms with Crippen LogP contribution in [0.4, 0.5) is 14.5 Å². The number of rotatable bonds is 5. The average Bonchev–Trinajstić information content (AvgIpc) is 2.31. The molecule has 0 unspecified atom stereocenters. The lowest BCUT2D eigenvalue weighted by atomic mass is 9.80. The normalized spacial score (nSPS) is 21.4. The summed E-state index contributed by atoms with van der Waals surface area (Å²) in [5.41, 5.74) is -0.390. The molecule has 1 aromatic carbocycles. The Kier molecular flexibility index (Phi) is 5.10. The molecule has 0 bridgehead atoms. The highest BCUT2D eigenvalue weighted by molar-refractivity contribution is 9.10. The largest absolute Gasteiger partial charge is 0.378 e. The number of halogens is 3. The van der Waals surface area contributed by atoms with Crippen molar-refractivity contribution in [3.05, 3.63) is 28.2 Å². The number of carbonyl (C=O) groups excluding carboxylic acids is 1. The van der Waals surface area contributed by atoms with Crippen molar-refractivity contribution in [3.8, 4) is 0 Å². The van der Waals surface area contributed by atoms with Crippen LogP contribution in [0.2, 0.25) is 0 Å². The standard InChI is InChI=1S/C14H16BrF2NO2/c1-2-20-10-3-8(4-10)5-13(19)18-14-11(16)6-9(15)7-12(14)17/h6-8,10H,2-5H2,1H3,(H,18,19). The summed E-state index contributed by atoms with van der Waals surface area (Å²) < 4.78 is 32.8. The van der Waals surface area contributed by atoms with Gasteiger partial charge in [-0.05, 0) is 37.8 Å². The van der Waals surface area contributed by atoms with E-state index in [1.807, 2.05) is 6.92 Å². The monoisotopic (exact) mass is 347 g/mol. The molecule has 6 heteroatoms. The van der Waals surface area contributed by atoms with Gasteiger partial charge in [-0.2, -0.15) is 0 Å². The van der Waals surface area contributed by atoms with Gasteiger partial charge < -0.3 is 10.1 Å². The van der Waals surface area contributed by atoms with Crippen LogP contribution in [0, 0.1) is 17.6 Å². The van der Waals surface area contributed by atoms with E-state index in [1.54, 1.807) is 0 Å². The molecule has 1 fully saturated rings. The quantitative estimate of drug-likeness (QED) is 0.877. The average molecular weight is 348 g/mol. The number of hydrogen-bond donors (Lipinski definition) is 1. The van der Waals surface area contributed by atoms with E-state index in [0.717, 1.165) is 25.0 Å². The van der Waals surface area contributed by atoms with Crippen molar-refractivity contribution in [1.82, 2.24) is 0 Å². The first-order valence-electron chi connectivity index (χ1n) is 6.55. The zero-order valence-corrected chi connectivity index (χ0v) is 12.7. The molecule has 0 radical (unpaired) electrons. The summed E-state index contributed by atoms with van der Waals surface area (Å²) in [5, 5.41) is 2.30. The molecule has 3 nitrogen and oxygen atoms in total. The summed E-state index contributed by atoms with van der Waals surface area (Å²) in [6, 6.07) is 2.24. The van der Waals surface area contributed by atoms with Gasteiger partial charge in [0.1, 0.15) is 5.69 Å². The van der Waals surface area contributed by atoms with Gasteiger partial charge >= 0.3 is 0 Å². The maximum atomic E-state index is 13.6. The molecule has 2 rings (SSSR count). The predicted octanol–water partition coefficient (Wildman–Crippen LogP) is 3.87. The second-order valence-corrected chi connectivity index (χ2v) is 5.83. The van der Waals surface area contributed by atoms with E-state index in [9.17, 15) is 13.6 Å². The van der Waals surface area contributed by atoms with Crippen LogP contribution < -0.4 is 5.32 Å². The molecule has 1 aromatic rings. The highest BCUT2D eigenvalue weighted by atomic mass is 79.9.